The first kappa shape index (κ1) is 13.3. The molecule has 1 aromatic heterocycles. The van der Waals surface area contributed by atoms with Crippen molar-refractivity contribution in [3.8, 4) is 0 Å². The van der Waals surface area contributed by atoms with Gasteiger partial charge >= 0.3 is 0 Å². The van der Waals surface area contributed by atoms with Crippen LogP contribution in [0.5, 0.6) is 0 Å². The van der Waals surface area contributed by atoms with Crippen LogP contribution in [0.15, 0.2) is 24.4 Å². The minimum absolute atomic E-state index is 0.0828. The van der Waals surface area contributed by atoms with Crippen LogP contribution in [0.1, 0.15) is 18.2 Å². The minimum atomic E-state index is -1.48. The Balaban J connectivity index is 2.57. The second-order valence-corrected chi connectivity index (χ2v) is 5.01. The number of hydrogen-bond acceptors (Lipinski definition) is 2. The maximum absolute atomic E-state index is 13.5. The molecule has 0 spiro atoms. The average molecular weight is 289 g/mol. The van der Waals surface area contributed by atoms with E-state index >= 15 is 0 Å². The van der Waals surface area contributed by atoms with E-state index in [1.807, 2.05) is 0 Å². The molecule has 96 valence electrons. The van der Waals surface area contributed by atoms with Gasteiger partial charge in [-0.1, -0.05) is 23.2 Å². The largest absolute Gasteiger partial charge is 0.379 e. The van der Waals surface area contributed by atoms with E-state index < -0.39 is 11.4 Å². The van der Waals surface area contributed by atoms with Crippen molar-refractivity contribution >= 4 is 23.2 Å². The number of rotatable bonds is 2. The SMILES string of the molecule is Cn1ccc(C(C)(O)c2cc(F)c(Cl)cc2Cl)n1. The summed E-state index contributed by atoms with van der Waals surface area (Å²) < 4.78 is 15.0. The second-order valence-electron chi connectivity index (χ2n) is 4.19. The quantitative estimate of drug-likeness (QED) is 0.863. The normalized spacial score (nSPS) is 14.6. The summed E-state index contributed by atoms with van der Waals surface area (Å²) in [6.45, 7) is 1.50. The number of benzene rings is 1. The van der Waals surface area contributed by atoms with Crippen LogP contribution in [0.25, 0.3) is 0 Å². The first-order valence-electron chi connectivity index (χ1n) is 5.20. The van der Waals surface area contributed by atoms with Gasteiger partial charge in [-0.05, 0) is 25.1 Å². The van der Waals surface area contributed by atoms with E-state index in [0.717, 1.165) is 6.07 Å². The fourth-order valence-corrected chi connectivity index (χ4v) is 2.28. The minimum Gasteiger partial charge on any atom is -0.379 e. The van der Waals surface area contributed by atoms with Crippen LogP contribution in [0, 0.1) is 5.82 Å². The molecule has 0 aliphatic carbocycles. The predicted molar refractivity (Wildman–Crippen MR) is 68.3 cm³/mol. The van der Waals surface area contributed by atoms with Gasteiger partial charge < -0.3 is 5.11 Å². The monoisotopic (exact) mass is 288 g/mol. The molecule has 18 heavy (non-hydrogen) atoms. The van der Waals surface area contributed by atoms with E-state index in [9.17, 15) is 9.50 Å². The standard InChI is InChI=1S/C12H11Cl2FN2O/c1-12(18,11-3-4-17(2)16-11)7-5-10(15)9(14)6-8(7)13/h3-6,18H,1-2H3. The van der Waals surface area contributed by atoms with Crippen molar-refractivity contribution < 1.29 is 9.50 Å². The number of aryl methyl sites for hydroxylation is 1. The Hall–Kier alpha value is -1.10. The zero-order valence-electron chi connectivity index (χ0n) is 9.78. The Morgan fingerprint density at radius 3 is 2.56 bits per heavy atom. The maximum atomic E-state index is 13.5. The van der Waals surface area contributed by atoms with E-state index in [-0.39, 0.29) is 15.6 Å². The Morgan fingerprint density at radius 1 is 1.33 bits per heavy atom. The first-order valence-corrected chi connectivity index (χ1v) is 5.95. The zero-order valence-corrected chi connectivity index (χ0v) is 11.3. The predicted octanol–water partition coefficient (Wildman–Crippen LogP) is 3.12. The molecule has 0 aliphatic rings. The van der Waals surface area contributed by atoms with Gasteiger partial charge in [0.1, 0.15) is 11.4 Å². The Kier molecular flexibility index (Phi) is 3.36. The number of hydrogen-bond donors (Lipinski definition) is 1. The van der Waals surface area contributed by atoms with Gasteiger partial charge in [-0.15, -0.1) is 0 Å². The van der Waals surface area contributed by atoms with Crippen molar-refractivity contribution in [1.82, 2.24) is 9.78 Å². The summed E-state index contributed by atoms with van der Waals surface area (Å²) in [7, 11) is 1.73. The summed E-state index contributed by atoms with van der Waals surface area (Å²) in [5.74, 6) is -0.632. The van der Waals surface area contributed by atoms with Crippen molar-refractivity contribution in [2.75, 3.05) is 0 Å². The third-order valence-electron chi connectivity index (χ3n) is 2.75. The van der Waals surface area contributed by atoms with Crippen molar-refractivity contribution in [1.29, 1.82) is 0 Å². The van der Waals surface area contributed by atoms with Gasteiger partial charge in [0.25, 0.3) is 0 Å². The first-order chi connectivity index (χ1) is 8.32. The summed E-state index contributed by atoms with van der Waals surface area (Å²) in [5, 5.41) is 14.7. The van der Waals surface area contributed by atoms with E-state index in [4.69, 9.17) is 23.2 Å². The fraction of sp³-hybridized carbons (Fsp3) is 0.250. The third-order valence-corrected chi connectivity index (χ3v) is 3.35. The zero-order chi connectivity index (χ0) is 13.5. The highest BCUT2D eigenvalue weighted by molar-refractivity contribution is 6.35. The van der Waals surface area contributed by atoms with Crippen LogP contribution < -0.4 is 0 Å². The highest BCUT2D eigenvalue weighted by Gasteiger charge is 2.31. The smallest absolute Gasteiger partial charge is 0.142 e. The van der Waals surface area contributed by atoms with Crippen molar-refractivity contribution in [3.63, 3.8) is 0 Å². The van der Waals surface area contributed by atoms with E-state index in [1.165, 1.54) is 13.0 Å². The maximum Gasteiger partial charge on any atom is 0.142 e. The molecule has 1 N–H and O–H groups in total. The summed E-state index contributed by atoms with van der Waals surface area (Å²) in [4.78, 5) is 0. The Labute approximate surface area is 114 Å². The van der Waals surface area contributed by atoms with Gasteiger partial charge in [0, 0.05) is 23.8 Å². The summed E-state index contributed by atoms with van der Waals surface area (Å²) in [5.41, 5.74) is -0.873. The van der Waals surface area contributed by atoms with Crippen LogP contribution in [-0.2, 0) is 12.6 Å². The van der Waals surface area contributed by atoms with Crippen LogP contribution >= 0.6 is 23.2 Å². The molecule has 1 heterocycles. The van der Waals surface area contributed by atoms with Gasteiger partial charge in [-0.2, -0.15) is 5.10 Å². The van der Waals surface area contributed by atoms with Crippen LogP contribution in [0.4, 0.5) is 4.39 Å². The molecule has 1 aromatic carbocycles. The average Bonchev–Trinajstić information content (AvgIpc) is 2.70. The topological polar surface area (TPSA) is 38.0 Å². The third kappa shape index (κ3) is 2.23. The summed E-state index contributed by atoms with van der Waals surface area (Å²) in [6, 6.07) is 4.04. The molecular weight excluding hydrogens is 278 g/mol. The lowest BCUT2D eigenvalue weighted by Crippen LogP contribution is -2.24. The second kappa shape index (κ2) is 4.53. The van der Waals surface area contributed by atoms with Crippen LogP contribution in [-0.4, -0.2) is 14.9 Å². The molecule has 0 saturated heterocycles. The number of nitrogens with zero attached hydrogens (tertiary/aromatic N) is 2. The lowest BCUT2D eigenvalue weighted by molar-refractivity contribution is 0.0964. The highest BCUT2D eigenvalue weighted by atomic mass is 35.5. The number of aliphatic hydroxyl groups is 1. The molecule has 0 fully saturated rings. The molecule has 0 aliphatic heterocycles. The lowest BCUT2D eigenvalue weighted by atomic mass is 9.92. The van der Waals surface area contributed by atoms with Crippen molar-refractivity contribution in [2.45, 2.75) is 12.5 Å². The molecule has 3 nitrogen and oxygen atoms in total. The lowest BCUT2D eigenvalue weighted by Gasteiger charge is -2.23. The van der Waals surface area contributed by atoms with Gasteiger partial charge in [-0.25, -0.2) is 4.39 Å². The summed E-state index contributed by atoms with van der Waals surface area (Å²) in [6.07, 6.45) is 1.68. The molecule has 1 atom stereocenters. The Morgan fingerprint density at radius 2 is 2.00 bits per heavy atom. The van der Waals surface area contributed by atoms with Gasteiger partial charge in [0.05, 0.1) is 10.7 Å². The van der Waals surface area contributed by atoms with Crippen LogP contribution in [0.3, 0.4) is 0 Å². The molecular formula is C12H11Cl2FN2O. The molecule has 2 aromatic rings. The summed E-state index contributed by atoms with van der Waals surface area (Å²) >= 11 is 11.6. The van der Waals surface area contributed by atoms with Crippen LogP contribution in [0.2, 0.25) is 10.0 Å². The van der Waals surface area contributed by atoms with Gasteiger partial charge in [0.2, 0.25) is 0 Å². The molecule has 0 radical (unpaired) electrons. The van der Waals surface area contributed by atoms with E-state index in [0.29, 0.717) is 5.69 Å². The molecule has 0 saturated carbocycles. The van der Waals surface area contributed by atoms with E-state index in [2.05, 4.69) is 5.10 Å². The van der Waals surface area contributed by atoms with Gasteiger partial charge in [-0.3, -0.25) is 4.68 Å². The number of aromatic nitrogens is 2. The highest BCUT2D eigenvalue weighted by Crippen LogP contribution is 2.35. The van der Waals surface area contributed by atoms with Crippen molar-refractivity contribution in [3.05, 3.63) is 51.5 Å². The molecule has 2 rings (SSSR count). The number of halogens is 3. The molecule has 6 heteroatoms. The molecule has 0 bridgehead atoms. The fourth-order valence-electron chi connectivity index (χ4n) is 1.71. The molecule has 0 amide bonds. The molecule has 1 unspecified atom stereocenters. The Bertz CT molecular complexity index is 596. The van der Waals surface area contributed by atoms with Crippen molar-refractivity contribution in [2.24, 2.45) is 7.05 Å². The van der Waals surface area contributed by atoms with Gasteiger partial charge in [0.15, 0.2) is 0 Å². The van der Waals surface area contributed by atoms with E-state index in [1.54, 1.807) is 24.0 Å².